The molecule has 0 saturated carbocycles. The van der Waals surface area contributed by atoms with Crippen molar-refractivity contribution in [2.45, 2.75) is 38.9 Å². The van der Waals surface area contributed by atoms with E-state index in [1.54, 1.807) is 51.1 Å². The number of fused-ring (bicyclic) bond motifs is 1. The summed E-state index contributed by atoms with van der Waals surface area (Å²) in [5.74, 6) is -0.652. The lowest BCUT2D eigenvalue weighted by molar-refractivity contribution is 0.0124. The zero-order valence-electron chi connectivity index (χ0n) is 15.8. The Kier molecular flexibility index (Phi) is 5.06. The van der Waals surface area contributed by atoms with Gasteiger partial charge in [-0.15, -0.1) is 0 Å². The van der Waals surface area contributed by atoms with Gasteiger partial charge in [0.25, 0.3) is 11.8 Å². The molecule has 1 saturated heterocycles. The second kappa shape index (κ2) is 7.15. The number of hydrogen-bond acceptors (Lipinski definition) is 5. The van der Waals surface area contributed by atoms with Crippen molar-refractivity contribution in [3.05, 3.63) is 47.0 Å². The number of likely N-dealkylation sites (tertiary alicyclic amines) is 1. The van der Waals surface area contributed by atoms with Crippen LogP contribution in [0.2, 0.25) is 0 Å². The predicted octanol–water partition coefficient (Wildman–Crippen LogP) is 2.21. The molecule has 0 spiro atoms. The number of ether oxygens (including phenoxy) is 1. The number of nitrogens with zero attached hydrogens (tertiary/aromatic N) is 2. The van der Waals surface area contributed by atoms with E-state index in [9.17, 15) is 19.5 Å². The maximum absolute atomic E-state index is 12.4. The molecule has 1 atom stereocenters. The molecule has 1 fully saturated rings. The standard InChI is InChI=1S/C20H24N2O5/c1-20(2,3)27-19(26)21-10-8-13(16(23)12-21)9-11-22-17(24)14-6-4-5-7-15(14)18(22)25/h4-7,9,16,23H,8,10-12H2,1-3H3. The summed E-state index contributed by atoms with van der Waals surface area (Å²) < 4.78 is 5.32. The van der Waals surface area contributed by atoms with Gasteiger partial charge in [0.1, 0.15) is 5.60 Å². The molecule has 0 bridgehead atoms. The Balaban J connectivity index is 1.62. The first kappa shape index (κ1) is 19.1. The summed E-state index contributed by atoms with van der Waals surface area (Å²) in [4.78, 5) is 39.5. The van der Waals surface area contributed by atoms with E-state index in [4.69, 9.17) is 4.74 Å². The number of hydrogen-bond donors (Lipinski definition) is 1. The summed E-state index contributed by atoms with van der Waals surface area (Å²) in [7, 11) is 0. The quantitative estimate of drug-likeness (QED) is 0.635. The van der Waals surface area contributed by atoms with Crippen LogP contribution in [0.1, 0.15) is 47.9 Å². The van der Waals surface area contributed by atoms with Gasteiger partial charge in [-0.05, 0) is 44.9 Å². The van der Waals surface area contributed by atoms with Crippen LogP contribution in [0.5, 0.6) is 0 Å². The summed E-state index contributed by atoms with van der Waals surface area (Å²) in [6.45, 7) is 6.02. The van der Waals surface area contributed by atoms with Crippen molar-refractivity contribution in [2.24, 2.45) is 0 Å². The lowest BCUT2D eigenvalue weighted by Crippen LogP contribution is -2.45. The first-order valence-electron chi connectivity index (χ1n) is 8.97. The van der Waals surface area contributed by atoms with Crippen LogP contribution >= 0.6 is 0 Å². The third-order valence-electron chi connectivity index (χ3n) is 4.56. The van der Waals surface area contributed by atoms with Gasteiger partial charge in [0.2, 0.25) is 0 Å². The Labute approximate surface area is 158 Å². The second-order valence-corrected chi connectivity index (χ2v) is 7.74. The molecular formula is C20H24N2O5. The van der Waals surface area contributed by atoms with Gasteiger partial charge in [-0.2, -0.15) is 0 Å². The summed E-state index contributed by atoms with van der Waals surface area (Å²) in [6.07, 6.45) is 0.866. The minimum atomic E-state index is -0.846. The van der Waals surface area contributed by atoms with Gasteiger partial charge in [-0.3, -0.25) is 14.5 Å². The number of amides is 3. The number of aliphatic hydroxyl groups excluding tert-OH is 1. The van der Waals surface area contributed by atoms with Crippen LogP contribution in [0.3, 0.4) is 0 Å². The molecule has 1 aromatic rings. The second-order valence-electron chi connectivity index (χ2n) is 7.74. The Morgan fingerprint density at radius 3 is 2.33 bits per heavy atom. The van der Waals surface area contributed by atoms with Crippen LogP contribution in [0.25, 0.3) is 0 Å². The van der Waals surface area contributed by atoms with Crippen LogP contribution in [-0.2, 0) is 4.74 Å². The molecule has 0 aliphatic carbocycles. The number of piperidine rings is 1. The molecule has 0 radical (unpaired) electrons. The first-order valence-corrected chi connectivity index (χ1v) is 8.97. The molecule has 1 aromatic carbocycles. The maximum atomic E-state index is 12.4. The van der Waals surface area contributed by atoms with Crippen LogP contribution in [0.15, 0.2) is 35.9 Å². The Hall–Kier alpha value is -2.67. The van der Waals surface area contributed by atoms with Gasteiger partial charge in [0, 0.05) is 13.1 Å². The minimum absolute atomic E-state index is 0.102. The molecule has 7 heteroatoms. The minimum Gasteiger partial charge on any atom is -0.444 e. The number of carbonyl (C=O) groups is 3. The van der Waals surface area contributed by atoms with Gasteiger partial charge in [0.05, 0.1) is 23.8 Å². The number of carbonyl (C=O) groups excluding carboxylic acids is 3. The fourth-order valence-corrected chi connectivity index (χ4v) is 3.19. The molecule has 144 valence electrons. The smallest absolute Gasteiger partial charge is 0.410 e. The van der Waals surface area contributed by atoms with Crippen molar-refractivity contribution >= 4 is 17.9 Å². The largest absolute Gasteiger partial charge is 0.444 e. The van der Waals surface area contributed by atoms with Gasteiger partial charge >= 0.3 is 6.09 Å². The van der Waals surface area contributed by atoms with Crippen LogP contribution < -0.4 is 0 Å². The lowest BCUT2D eigenvalue weighted by Gasteiger charge is -2.33. The molecule has 2 aliphatic heterocycles. The predicted molar refractivity (Wildman–Crippen MR) is 98.3 cm³/mol. The molecule has 7 nitrogen and oxygen atoms in total. The Bertz CT molecular complexity index is 774. The van der Waals surface area contributed by atoms with Crippen molar-refractivity contribution in [1.82, 2.24) is 9.80 Å². The summed E-state index contributed by atoms with van der Waals surface area (Å²) in [5, 5.41) is 10.4. The van der Waals surface area contributed by atoms with E-state index in [1.807, 2.05) is 0 Å². The molecule has 1 N–H and O–H groups in total. The summed E-state index contributed by atoms with van der Waals surface area (Å²) in [6, 6.07) is 6.72. The average Bonchev–Trinajstić information content (AvgIpc) is 2.84. The molecule has 0 aromatic heterocycles. The van der Waals surface area contributed by atoms with Crippen LogP contribution in [0.4, 0.5) is 4.79 Å². The van der Waals surface area contributed by atoms with Gasteiger partial charge < -0.3 is 14.7 Å². The monoisotopic (exact) mass is 372 g/mol. The van der Waals surface area contributed by atoms with E-state index in [2.05, 4.69) is 0 Å². The molecule has 3 amide bonds. The highest BCUT2D eigenvalue weighted by molar-refractivity contribution is 6.21. The van der Waals surface area contributed by atoms with Crippen molar-refractivity contribution < 1.29 is 24.2 Å². The van der Waals surface area contributed by atoms with Gasteiger partial charge in [0.15, 0.2) is 0 Å². The van der Waals surface area contributed by atoms with Gasteiger partial charge in [-0.25, -0.2) is 4.79 Å². The van der Waals surface area contributed by atoms with Crippen molar-refractivity contribution in [3.63, 3.8) is 0 Å². The fraction of sp³-hybridized carbons (Fsp3) is 0.450. The molecule has 3 rings (SSSR count). The number of β-amino-alcohol motifs (C(OH)–C–C–N with tert-alkyl or cyclic N) is 1. The van der Waals surface area contributed by atoms with Crippen LogP contribution in [-0.4, -0.2) is 64.2 Å². The highest BCUT2D eigenvalue weighted by atomic mass is 16.6. The fourth-order valence-electron chi connectivity index (χ4n) is 3.19. The maximum Gasteiger partial charge on any atom is 0.410 e. The highest BCUT2D eigenvalue weighted by Crippen LogP contribution is 2.24. The number of benzene rings is 1. The van der Waals surface area contributed by atoms with E-state index in [-0.39, 0.29) is 24.9 Å². The number of aliphatic hydroxyl groups is 1. The van der Waals surface area contributed by atoms with Crippen LogP contribution in [0, 0.1) is 0 Å². The normalized spacial score (nSPS) is 21.6. The van der Waals surface area contributed by atoms with E-state index >= 15 is 0 Å². The summed E-state index contributed by atoms with van der Waals surface area (Å²) >= 11 is 0. The Morgan fingerprint density at radius 2 is 1.81 bits per heavy atom. The third-order valence-corrected chi connectivity index (χ3v) is 4.56. The molecule has 2 heterocycles. The SMILES string of the molecule is CC(C)(C)OC(=O)N1CCC(=CCN2C(=O)c3ccccc3C2=O)C(O)C1. The topological polar surface area (TPSA) is 87.2 Å². The lowest BCUT2D eigenvalue weighted by atomic mass is 10.0. The molecule has 1 unspecified atom stereocenters. The molecular weight excluding hydrogens is 348 g/mol. The van der Waals surface area contributed by atoms with Crippen molar-refractivity contribution in [1.29, 1.82) is 0 Å². The number of rotatable bonds is 2. The molecule has 2 aliphatic rings. The zero-order chi connectivity index (χ0) is 19.8. The summed E-state index contributed by atoms with van der Waals surface area (Å²) in [5.41, 5.74) is 0.928. The van der Waals surface area contributed by atoms with Crippen molar-refractivity contribution in [2.75, 3.05) is 19.6 Å². The van der Waals surface area contributed by atoms with E-state index in [1.165, 1.54) is 9.80 Å². The Morgan fingerprint density at radius 1 is 1.22 bits per heavy atom. The van der Waals surface area contributed by atoms with Crippen molar-refractivity contribution in [3.8, 4) is 0 Å². The average molecular weight is 372 g/mol. The zero-order valence-corrected chi connectivity index (χ0v) is 15.8. The first-order chi connectivity index (χ1) is 12.7. The van der Waals surface area contributed by atoms with E-state index in [0.717, 1.165) is 0 Å². The van der Waals surface area contributed by atoms with E-state index in [0.29, 0.717) is 29.7 Å². The molecule has 27 heavy (non-hydrogen) atoms. The highest BCUT2D eigenvalue weighted by Gasteiger charge is 2.35. The van der Waals surface area contributed by atoms with E-state index < -0.39 is 17.8 Å². The van der Waals surface area contributed by atoms with Gasteiger partial charge in [-0.1, -0.05) is 18.2 Å². The third kappa shape index (κ3) is 4.03. The number of imide groups is 1.